The van der Waals surface area contributed by atoms with Crippen molar-refractivity contribution in [3.63, 3.8) is 0 Å². The predicted molar refractivity (Wildman–Crippen MR) is 99.8 cm³/mol. The second kappa shape index (κ2) is 8.51. The maximum atomic E-state index is 12.1. The molecule has 1 N–H and O–H groups in total. The number of fused-ring (bicyclic) bond motifs is 1. The molecule has 26 heavy (non-hydrogen) atoms. The molecule has 1 atom stereocenters. The van der Waals surface area contributed by atoms with Crippen LogP contribution in [0.5, 0.6) is 5.75 Å². The summed E-state index contributed by atoms with van der Waals surface area (Å²) in [6.45, 7) is 2.08. The summed E-state index contributed by atoms with van der Waals surface area (Å²) >= 11 is 7.21. The lowest BCUT2D eigenvalue weighted by Gasteiger charge is -2.18. The van der Waals surface area contributed by atoms with Gasteiger partial charge in [0, 0.05) is 9.90 Å². The van der Waals surface area contributed by atoms with Gasteiger partial charge in [0.05, 0.1) is 18.2 Å². The predicted octanol–water partition coefficient (Wildman–Crippen LogP) is 3.48. The molecular formula is C18H19ClN2O4S. The van der Waals surface area contributed by atoms with E-state index in [9.17, 15) is 9.59 Å². The van der Waals surface area contributed by atoms with E-state index in [1.807, 2.05) is 0 Å². The van der Waals surface area contributed by atoms with E-state index in [0.717, 1.165) is 17.0 Å². The monoisotopic (exact) mass is 394 g/mol. The highest BCUT2D eigenvalue weighted by atomic mass is 35.5. The highest BCUT2D eigenvalue weighted by molar-refractivity contribution is 7.15. The fourth-order valence-corrected chi connectivity index (χ4v) is 3.95. The Morgan fingerprint density at radius 2 is 2.12 bits per heavy atom. The summed E-state index contributed by atoms with van der Waals surface area (Å²) in [6, 6.07) is 6.80. The summed E-state index contributed by atoms with van der Waals surface area (Å²) in [6.07, 6.45) is 2.05. The van der Waals surface area contributed by atoms with Gasteiger partial charge in [-0.3, -0.25) is 14.9 Å². The van der Waals surface area contributed by atoms with Crippen molar-refractivity contribution < 1.29 is 19.1 Å². The van der Waals surface area contributed by atoms with Crippen LogP contribution in [0.15, 0.2) is 24.3 Å². The molecule has 138 valence electrons. The third-order valence-corrected chi connectivity index (χ3v) is 5.28. The summed E-state index contributed by atoms with van der Waals surface area (Å²) in [5.74, 6) is 0.00133. The molecule has 0 fully saturated rings. The number of thiazole rings is 1. The maximum absolute atomic E-state index is 12.1. The number of aryl methyl sites for hydroxylation is 1. The molecule has 1 aromatic heterocycles. The minimum atomic E-state index is -0.284. The number of hydrogen-bond donors (Lipinski definition) is 1. The number of esters is 1. The standard InChI is InChI=1S/C18H19ClN2O4S/c1-2-24-17(23)11-3-8-14-15(9-11)26-18(20-14)21-16(22)10-25-13-6-4-12(19)5-7-13/h4-7,11H,2-3,8-10H2,1H3,(H,20,21,22). The summed E-state index contributed by atoms with van der Waals surface area (Å²) in [5.41, 5.74) is 0.949. The Kier molecular flexibility index (Phi) is 6.11. The summed E-state index contributed by atoms with van der Waals surface area (Å²) < 4.78 is 10.5. The number of carbonyl (C=O) groups excluding carboxylic acids is 2. The zero-order valence-electron chi connectivity index (χ0n) is 14.3. The van der Waals surface area contributed by atoms with Crippen LogP contribution in [0.1, 0.15) is 23.9 Å². The number of ether oxygens (including phenoxy) is 2. The molecule has 0 bridgehead atoms. The van der Waals surface area contributed by atoms with Gasteiger partial charge in [-0.15, -0.1) is 11.3 Å². The van der Waals surface area contributed by atoms with Gasteiger partial charge < -0.3 is 9.47 Å². The number of nitrogens with zero attached hydrogens (tertiary/aromatic N) is 1. The van der Waals surface area contributed by atoms with Gasteiger partial charge in [0.25, 0.3) is 5.91 Å². The summed E-state index contributed by atoms with van der Waals surface area (Å²) in [4.78, 5) is 29.4. The van der Waals surface area contributed by atoms with Crippen LogP contribution in [0.4, 0.5) is 5.13 Å². The molecule has 0 aliphatic heterocycles. The Morgan fingerprint density at radius 1 is 1.35 bits per heavy atom. The molecule has 1 aliphatic rings. The molecular weight excluding hydrogens is 376 g/mol. The lowest BCUT2D eigenvalue weighted by Crippen LogP contribution is -2.24. The first-order chi connectivity index (χ1) is 12.5. The van der Waals surface area contributed by atoms with Crippen molar-refractivity contribution >= 4 is 39.9 Å². The quantitative estimate of drug-likeness (QED) is 0.759. The Balaban J connectivity index is 1.54. The van der Waals surface area contributed by atoms with Gasteiger partial charge in [-0.2, -0.15) is 0 Å². The number of carbonyl (C=O) groups is 2. The first-order valence-corrected chi connectivity index (χ1v) is 9.58. The molecule has 2 aromatic rings. The molecule has 1 heterocycles. The van der Waals surface area contributed by atoms with Gasteiger partial charge in [0.15, 0.2) is 11.7 Å². The number of halogens is 1. The fraction of sp³-hybridized carbons (Fsp3) is 0.389. The smallest absolute Gasteiger partial charge is 0.309 e. The molecule has 8 heteroatoms. The zero-order chi connectivity index (χ0) is 18.5. The Hall–Kier alpha value is -2.12. The summed E-state index contributed by atoms with van der Waals surface area (Å²) in [5, 5.41) is 3.89. The average molecular weight is 395 g/mol. The van der Waals surface area contributed by atoms with Crippen LogP contribution < -0.4 is 10.1 Å². The number of rotatable bonds is 6. The Bertz CT molecular complexity index is 791. The van der Waals surface area contributed by atoms with Crippen molar-refractivity contribution in [2.75, 3.05) is 18.5 Å². The third kappa shape index (κ3) is 4.74. The van der Waals surface area contributed by atoms with Gasteiger partial charge in [0.1, 0.15) is 5.75 Å². The minimum Gasteiger partial charge on any atom is -0.484 e. The van der Waals surface area contributed by atoms with E-state index in [2.05, 4.69) is 10.3 Å². The van der Waals surface area contributed by atoms with Crippen molar-refractivity contribution in [1.82, 2.24) is 4.98 Å². The SMILES string of the molecule is CCOC(=O)C1CCc2nc(NC(=O)COc3ccc(Cl)cc3)sc2C1. The van der Waals surface area contributed by atoms with Gasteiger partial charge in [-0.1, -0.05) is 11.6 Å². The normalized spacial score (nSPS) is 15.8. The van der Waals surface area contributed by atoms with Crippen LogP contribution in [0.3, 0.4) is 0 Å². The molecule has 0 spiro atoms. The molecule has 3 rings (SSSR count). The molecule has 1 aromatic carbocycles. The minimum absolute atomic E-state index is 0.114. The van der Waals surface area contributed by atoms with Crippen LogP contribution in [0.2, 0.25) is 5.02 Å². The number of hydrogen-bond acceptors (Lipinski definition) is 6. The lowest BCUT2D eigenvalue weighted by molar-refractivity contribution is -0.148. The topological polar surface area (TPSA) is 77.5 Å². The highest BCUT2D eigenvalue weighted by Crippen LogP contribution is 2.32. The largest absolute Gasteiger partial charge is 0.484 e. The van der Waals surface area contributed by atoms with E-state index >= 15 is 0 Å². The van der Waals surface area contributed by atoms with Crippen LogP contribution in [-0.4, -0.2) is 30.1 Å². The second-order valence-corrected chi connectivity index (χ2v) is 7.39. The van der Waals surface area contributed by atoms with Crippen LogP contribution in [0.25, 0.3) is 0 Å². The first kappa shape index (κ1) is 18.7. The maximum Gasteiger partial charge on any atom is 0.309 e. The lowest BCUT2D eigenvalue weighted by atomic mass is 9.91. The van der Waals surface area contributed by atoms with Gasteiger partial charge in [-0.25, -0.2) is 4.98 Å². The van der Waals surface area contributed by atoms with Crippen molar-refractivity contribution in [3.8, 4) is 5.75 Å². The number of aromatic nitrogens is 1. The van der Waals surface area contributed by atoms with E-state index < -0.39 is 0 Å². The number of anilines is 1. The van der Waals surface area contributed by atoms with Gasteiger partial charge in [-0.05, 0) is 50.5 Å². The van der Waals surface area contributed by atoms with Crippen LogP contribution in [0, 0.1) is 5.92 Å². The van der Waals surface area contributed by atoms with E-state index in [0.29, 0.717) is 35.4 Å². The van der Waals surface area contributed by atoms with Crippen LogP contribution >= 0.6 is 22.9 Å². The van der Waals surface area contributed by atoms with Gasteiger partial charge in [0.2, 0.25) is 0 Å². The van der Waals surface area contributed by atoms with Crippen LogP contribution in [-0.2, 0) is 27.2 Å². The highest BCUT2D eigenvalue weighted by Gasteiger charge is 2.28. The number of benzene rings is 1. The zero-order valence-corrected chi connectivity index (χ0v) is 15.9. The van der Waals surface area contributed by atoms with E-state index in [1.165, 1.54) is 11.3 Å². The van der Waals surface area contributed by atoms with E-state index in [-0.39, 0.29) is 24.4 Å². The fourth-order valence-electron chi connectivity index (χ4n) is 2.72. The van der Waals surface area contributed by atoms with Crippen molar-refractivity contribution in [2.45, 2.75) is 26.2 Å². The van der Waals surface area contributed by atoms with E-state index in [4.69, 9.17) is 21.1 Å². The van der Waals surface area contributed by atoms with Crippen molar-refractivity contribution in [1.29, 1.82) is 0 Å². The molecule has 0 saturated heterocycles. The number of nitrogens with one attached hydrogen (secondary N) is 1. The molecule has 1 amide bonds. The Morgan fingerprint density at radius 3 is 2.85 bits per heavy atom. The summed E-state index contributed by atoms with van der Waals surface area (Å²) in [7, 11) is 0. The molecule has 0 radical (unpaired) electrons. The molecule has 6 nitrogen and oxygen atoms in total. The average Bonchev–Trinajstić information content (AvgIpc) is 3.02. The molecule has 0 saturated carbocycles. The third-order valence-electron chi connectivity index (χ3n) is 3.99. The molecule has 1 unspecified atom stereocenters. The Labute approximate surface area is 160 Å². The molecule has 1 aliphatic carbocycles. The van der Waals surface area contributed by atoms with Gasteiger partial charge >= 0.3 is 5.97 Å². The number of amides is 1. The van der Waals surface area contributed by atoms with Crippen molar-refractivity contribution in [3.05, 3.63) is 39.9 Å². The van der Waals surface area contributed by atoms with E-state index in [1.54, 1.807) is 31.2 Å². The second-order valence-electron chi connectivity index (χ2n) is 5.87. The van der Waals surface area contributed by atoms with Crippen molar-refractivity contribution in [2.24, 2.45) is 5.92 Å². The first-order valence-electron chi connectivity index (χ1n) is 8.38.